The minimum absolute atomic E-state index is 0.1000. The van der Waals surface area contributed by atoms with Crippen molar-refractivity contribution in [2.75, 3.05) is 18.0 Å². The van der Waals surface area contributed by atoms with Crippen LogP contribution < -0.4 is 15.6 Å². The molecule has 3 aromatic rings. The van der Waals surface area contributed by atoms with E-state index in [-0.39, 0.29) is 34.4 Å². The van der Waals surface area contributed by atoms with E-state index >= 15 is 0 Å². The van der Waals surface area contributed by atoms with Crippen molar-refractivity contribution < 1.29 is 23.1 Å². The van der Waals surface area contributed by atoms with Gasteiger partial charge < -0.3 is 19.9 Å². The number of fused-ring (bicyclic) bond motifs is 3. The van der Waals surface area contributed by atoms with Crippen LogP contribution in [0.15, 0.2) is 41.3 Å². The molecule has 2 aliphatic heterocycles. The number of carboxylic acid groups (broad SMARTS) is 1. The molecule has 6 nitrogen and oxygen atoms in total. The lowest BCUT2D eigenvalue weighted by molar-refractivity contribution is 0.0695. The molecular weight excluding hydrogens is 399 g/mol. The van der Waals surface area contributed by atoms with Crippen molar-refractivity contribution >= 4 is 22.6 Å². The normalized spacial score (nSPS) is 20.3. The molecule has 5 rings (SSSR count). The van der Waals surface area contributed by atoms with Gasteiger partial charge in [-0.1, -0.05) is 0 Å². The number of anilines is 1. The molecule has 3 heterocycles. The van der Waals surface area contributed by atoms with Gasteiger partial charge in [-0.25, -0.2) is 18.0 Å². The first-order valence-corrected chi connectivity index (χ1v) is 9.41. The van der Waals surface area contributed by atoms with Crippen LogP contribution in [0.25, 0.3) is 16.6 Å². The summed E-state index contributed by atoms with van der Waals surface area (Å²) in [6.45, 7) is 1.30. The van der Waals surface area contributed by atoms with Crippen LogP contribution in [0, 0.1) is 17.5 Å². The van der Waals surface area contributed by atoms with Crippen molar-refractivity contribution in [3.05, 3.63) is 69.8 Å². The van der Waals surface area contributed by atoms with E-state index in [9.17, 15) is 27.9 Å². The third-order valence-electron chi connectivity index (χ3n) is 5.84. The highest BCUT2D eigenvalue weighted by Crippen LogP contribution is 2.34. The Bertz CT molecular complexity index is 1270. The summed E-state index contributed by atoms with van der Waals surface area (Å²) in [5, 5.41) is 12.5. The predicted molar refractivity (Wildman–Crippen MR) is 104 cm³/mol. The van der Waals surface area contributed by atoms with Crippen molar-refractivity contribution in [1.82, 2.24) is 9.88 Å². The first-order valence-electron chi connectivity index (χ1n) is 9.41. The van der Waals surface area contributed by atoms with E-state index in [1.807, 2.05) is 4.90 Å². The molecule has 0 spiro atoms. The molecule has 9 heteroatoms. The Morgan fingerprint density at radius 1 is 1.10 bits per heavy atom. The van der Waals surface area contributed by atoms with E-state index in [1.54, 1.807) is 0 Å². The van der Waals surface area contributed by atoms with Gasteiger partial charge in [0.15, 0.2) is 0 Å². The first-order chi connectivity index (χ1) is 14.3. The molecule has 2 aliphatic rings. The molecule has 2 N–H and O–H groups in total. The number of carbonyl (C=O) groups is 1. The van der Waals surface area contributed by atoms with Crippen molar-refractivity contribution in [3.63, 3.8) is 0 Å². The third kappa shape index (κ3) is 2.77. The lowest BCUT2D eigenvalue weighted by Gasteiger charge is -2.30. The fourth-order valence-electron chi connectivity index (χ4n) is 4.44. The van der Waals surface area contributed by atoms with Crippen LogP contribution in [0.5, 0.6) is 0 Å². The molecule has 2 bridgehead atoms. The average Bonchev–Trinajstić information content (AvgIpc) is 3.32. The standard InChI is InChI=1S/C21H16F3N3O3/c22-10-1-2-17(15(23)3-10)27-9-14(21(29)30)20(28)13-5-16(24)19(6-18(13)27)26-8-11-4-12(26)7-25-11/h1-3,5-6,9,11-12,25H,4,7-8H2,(H,29,30)/t11-,12-/m0/s1. The van der Waals surface area contributed by atoms with Gasteiger partial charge in [0, 0.05) is 42.8 Å². The smallest absolute Gasteiger partial charge is 0.341 e. The maximum absolute atomic E-state index is 15.0. The molecule has 0 aliphatic carbocycles. The average molecular weight is 415 g/mol. The fourth-order valence-corrected chi connectivity index (χ4v) is 4.44. The number of benzene rings is 2. The number of nitrogens with one attached hydrogen (secondary N) is 1. The second-order valence-corrected chi connectivity index (χ2v) is 7.61. The van der Waals surface area contributed by atoms with E-state index in [0.717, 1.165) is 35.4 Å². The highest BCUT2D eigenvalue weighted by molar-refractivity contribution is 5.94. The summed E-state index contributed by atoms with van der Waals surface area (Å²) in [6, 6.07) is 5.61. The SMILES string of the molecule is O=C(O)c1cn(-c2ccc(F)cc2F)c2cc(N3C[C@@H]4C[C@H]3CN4)c(F)cc2c1=O. The van der Waals surface area contributed by atoms with Crippen LogP contribution in [0.2, 0.25) is 0 Å². The largest absolute Gasteiger partial charge is 0.477 e. The second kappa shape index (κ2) is 6.60. The monoisotopic (exact) mass is 415 g/mol. The summed E-state index contributed by atoms with van der Waals surface area (Å²) in [5.74, 6) is -3.91. The molecule has 2 saturated heterocycles. The lowest BCUT2D eigenvalue weighted by atomic mass is 10.1. The van der Waals surface area contributed by atoms with Crippen molar-refractivity contribution in [1.29, 1.82) is 0 Å². The van der Waals surface area contributed by atoms with Crippen LogP contribution in [0.1, 0.15) is 16.8 Å². The maximum Gasteiger partial charge on any atom is 0.341 e. The number of hydrogen-bond acceptors (Lipinski definition) is 4. The second-order valence-electron chi connectivity index (χ2n) is 7.61. The zero-order valence-electron chi connectivity index (χ0n) is 15.5. The minimum Gasteiger partial charge on any atom is -0.477 e. The molecule has 2 fully saturated rings. The van der Waals surface area contributed by atoms with E-state index in [4.69, 9.17) is 0 Å². The van der Waals surface area contributed by atoms with Crippen LogP contribution in [0.3, 0.4) is 0 Å². The van der Waals surface area contributed by atoms with Gasteiger partial charge in [0.2, 0.25) is 5.43 Å². The van der Waals surface area contributed by atoms with Gasteiger partial charge in [-0.15, -0.1) is 0 Å². The van der Waals surface area contributed by atoms with Gasteiger partial charge in [0.25, 0.3) is 0 Å². The van der Waals surface area contributed by atoms with Gasteiger partial charge >= 0.3 is 5.97 Å². The number of piperazine rings is 1. The topological polar surface area (TPSA) is 74.6 Å². The maximum atomic E-state index is 15.0. The molecule has 0 radical (unpaired) electrons. The molecular formula is C21H16F3N3O3. The number of pyridine rings is 1. The Morgan fingerprint density at radius 3 is 2.50 bits per heavy atom. The predicted octanol–water partition coefficient (Wildman–Crippen LogP) is 2.66. The number of rotatable bonds is 3. The Hall–Kier alpha value is -3.33. The zero-order valence-corrected chi connectivity index (χ0v) is 15.5. The van der Waals surface area contributed by atoms with Gasteiger partial charge in [0.05, 0.1) is 16.9 Å². The van der Waals surface area contributed by atoms with Gasteiger partial charge in [0.1, 0.15) is 23.0 Å². The van der Waals surface area contributed by atoms with E-state index in [0.29, 0.717) is 19.2 Å². The molecule has 2 atom stereocenters. The molecule has 0 unspecified atom stereocenters. The highest BCUT2D eigenvalue weighted by atomic mass is 19.1. The van der Waals surface area contributed by atoms with Gasteiger partial charge in [-0.05, 0) is 30.7 Å². The summed E-state index contributed by atoms with van der Waals surface area (Å²) >= 11 is 0. The summed E-state index contributed by atoms with van der Waals surface area (Å²) in [5.41, 5.74) is -1.25. The third-order valence-corrected chi connectivity index (χ3v) is 5.84. The van der Waals surface area contributed by atoms with Crippen molar-refractivity contribution in [2.24, 2.45) is 0 Å². The summed E-state index contributed by atoms with van der Waals surface area (Å²) in [7, 11) is 0. The minimum atomic E-state index is -1.52. The number of nitrogens with zero attached hydrogens (tertiary/aromatic N) is 2. The molecule has 1 aromatic heterocycles. The fraction of sp³-hybridized carbons (Fsp3) is 0.238. The highest BCUT2D eigenvalue weighted by Gasteiger charge is 2.38. The van der Waals surface area contributed by atoms with Crippen LogP contribution >= 0.6 is 0 Å². The number of carboxylic acids is 1. The van der Waals surface area contributed by atoms with Crippen LogP contribution in [0.4, 0.5) is 18.9 Å². The van der Waals surface area contributed by atoms with E-state index < -0.39 is 34.4 Å². The Morgan fingerprint density at radius 2 is 1.87 bits per heavy atom. The molecule has 0 amide bonds. The van der Waals surface area contributed by atoms with Crippen LogP contribution in [-0.2, 0) is 0 Å². The molecule has 154 valence electrons. The number of hydrogen-bond donors (Lipinski definition) is 2. The van der Waals surface area contributed by atoms with Crippen molar-refractivity contribution in [2.45, 2.75) is 18.5 Å². The van der Waals surface area contributed by atoms with E-state index in [1.165, 1.54) is 6.07 Å². The Labute approximate surface area is 168 Å². The molecule has 2 aromatic carbocycles. The number of aromatic nitrogens is 1. The molecule has 30 heavy (non-hydrogen) atoms. The molecule has 0 saturated carbocycles. The summed E-state index contributed by atoms with van der Waals surface area (Å²) < 4.78 is 44.1. The Kier molecular flexibility index (Phi) is 4.11. The lowest BCUT2D eigenvalue weighted by Crippen LogP contribution is -2.44. The Balaban J connectivity index is 1.80. The van der Waals surface area contributed by atoms with E-state index in [2.05, 4.69) is 5.32 Å². The summed E-state index contributed by atoms with van der Waals surface area (Å²) in [6.07, 6.45) is 1.86. The van der Waals surface area contributed by atoms with Crippen molar-refractivity contribution in [3.8, 4) is 5.69 Å². The quantitative estimate of drug-likeness (QED) is 0.688. The summed E-state index contributed by atoms with van der Waals surface area (Å²) in [4.78, 5) is 26.1. The van der Waals surface area contributed by atoms with Crippen LogP contribution in [-0.4, -0.2) is 40.8 Å². The van der Waals surface area contributed by atoms with Gasteiger partial charge in [-0.2, -0.15) is 0 Å². The number of aromatic carboxylic acids is 1. The van der Waals surface area contributed by atoms with Gasteiger partial charge in [-0.3, -0.25) is 4.79 Å². The zero-order chi connectivity index (χ0) is 21.2. The number of halogens is 3. The first kappa shape index (κ1) is 18.7.